The van der Waals surface area contributed by atoms with E-state index in [1.807, 2.05) is 11.6 Å². The molecule has 6 nitrogen and oxygen atoms in total. The van der Waals surface area contributed by atoms with Gasteiger partial charge in [-0.3, -0.25) is 0 Å². The van der Waals surface area contributed by atoms with Crippen molar-refractivity contribution < 1.29 is 4.74 Å². The van der Waals surface area contributed by atoms with Crippen LogP contribution in [-0.2, 0) is 11.8 Å². The Bertz CT molecular complexity index is 598. The van der Waals surface area contributed by atoms with Crippen LogP contribution in [0.3, 0.4) is 0 Å². The Morgan fingerprint density at radius 1 is 1.41 bits per heavy atom. The van der Waals surface area contributed by atoms with E-state index in [1.165, 1.54) is 0 Å². The molecule has 7 heteroatoms. The maximum atomic E-state index is 5.31. The van der Waals surface area contributed by atoms with Crippen LogP contribution in [0.1, 0.15) is 0 Å². The highest BCUT2D eigenvalue weighted by atomic mass is 32.1. The highest BCUT2D eigenvalue weighted by Crippen LogP contribution is 2.16. The molecule has 0 radical (unpaired) electrons. The number of ether oxygens (including phenoxy) is 1. The van der Waals surface area contributed by atoms with E-state index in [0.29, 0.717) is 4.64 Å². The van der Waals surface area contributed by atoms with Gasteiger partial charge in [0.15, 0.2) is 10.3 Å². The average Bonchev–Trinajstić information content (AvgIpc) is 2.73. The summed E-state index contributed by atoms with van der Waals surface area (Å²) in [5.74, 6) is 0.782. The number of aryl methyl sites for hydroxylation is 1. The van der Waals surface area contributed by atoms with E-state index in [1.54, 1.807) is 6.33 Å². The SMILES string of the molecule is Cn1cnc2[nH]c(N3CCOCC3)nc(=S)c21. The fourth-order valence-electron chi connectivity index (χ4n) is 1.98. The second-order valence-corrected chi connectivity index (χ2v) is 4.40. The van der Waals surface area contributed by atoms with Gasteiger partial charge in [-0.05, 0) is 0 Å². The third-order valence-corrected chi connectivity index (χ3v) is 3.17. The van der Waals surface area contributed by atoms with Gasteiger partial charge in [0.2, 0.25) is 5.95 Å². The molecule has 1 saturated heterocycles. The molecule has 1 N–H and O–H groups in total. The summed E-state index contributed by atoms with van der Waals surface area (Å²) in [6.07, 6.45) is 1.74. The number of rotatable bonds is 1. The van der Waals surface area contributed by atoms with Crippen LogP contribution in [-0.4, -0.2) is 45.8 Å². The lowest BCUT2D eigenvalue weighted by Gasteiger charge is -2.27. The second-order valence-electron chi connectivity index (χ2n) is 4.02. The summed E-state index contributed by atoms with van der Waals surface area (Å²) in [6.45, 7) is 3.11. The predicted molar refractivity (Wildman–Crippen MR) is 66.7 cm³/mol. The molecule has 90 valence electrons. The van der Waals surface area contributed by atoms with Crippen molar-refractivity contribution in [2.45, 2.75) is 0 Å². The molecule has 3 rings (SSSR count). The van der Waals surface area contributed by atoms with Crippen LogP contribution in [0.2, 0.25) is 0 Å². The zero-order chi connectivity index (χ0) is 11.8. The van der Waals surface area contributed by atoms with Crippen LogP contribution in [0.5, 0.6) is 0 Å². The Labute approximate surface area is 103 Å². The number of hydrogen-bond donors (Lipinski definition) is 1. The number of anilines is 1. The number of morpholine rings is 1. The van der Waals surface area contributed by atoms with Crippen molar-refractivity contribution in [2.24, 2.45) is 7.05 Å². The molecular formula is C10H13N5OS. The van der Waals surface area contributed by atoms with Crippen LogP contribution >= 0.6 is 12.2 Å². The van der Waals surface area contributed by atoms with E-state index in [-0.39, 0.29) is 0 Å². The zero-order valence-corrected chi connectivity index (χ0v) is 10.3. The molecule has 1 fully saturated rings. The lowest BCUT2D eigenvalue weighted by Crippen LogP contribution is -2.37. The van der Waals surface area contributed by atoms with Crippen molar-refractivity contribution in [3.63, 3.8) is 0 Å². The summed E-state index contributed by atoms with van der Waals surface area (Å²) in [6, 6.07) is 0. The van der Waals surface area contributed by atoms with Crippen LogP contribution in [0, 0.1) is 4.64 Å². The van der Waals surface area contributed by atoms with Gasteiger partial charge >= 0.3 is 0 Å². The predicted octanol–water partition coefficient (Wildman–Crippen LogP) is 0.862. The lowest BCUT2D eigenvalue weighted by molar-refractivity contribution is 0.122. The molecule has 2 aromatic rings. The number of hydrogen-bond acceptors (Lipinski definition) is 5. The monoisotopic (exact) mass is 251 g/mol. The van der Waals surface area contributed by atoms with Gasteiger partial charge < -0.3 is 19.2 Å². The molecule has 0 aliphatic carbocycles. The minimum atomic E-state index is 0.584. The summed E-state index contributed by atoms with van der Waals surface area (Å²) < 4.78 is 7.78. The molecule has 0 bridgehead atoms. The van der Waals surface area contributed by atoms with Crippen molar-refractivity contribution >= 4 is 29.3 Å². The fourth-order valence-corrected chi connectivity index (χ4v) is 2.31. The Hall–Kier alpha value is -1.47. The topological polar surface area (TPSA) is 59.0 Å². The first kappa shape index (κ1) is 10.7. The number of fused-ring (bicyclic) bond motifs is 1. The Kier molecular flexibility index (Phi) is 2.56. The van der Waals surface area contributed by atoms with Gasteiger partial charge in [-0.2, -0.15) is 0 Å². The number of nitrogens with one attached hydrogen (secondary N) is 1. The van der Waals surface area contributed by atoms with Gasteiger partial charge in [-0.25, -0.2) is 9.97 Å². The molecular weight excluding hydrogens is 238 g/mol. The zero-order valence-electron chi connectivity index (χ0n) is 9.51. The molecule has 2 aromatic heterocycles. The number of aromatic amines is 1. The number of imidazole rings is 1. The van der Waals surface area contributed by atoms with Gasteiger partial charge in [0.05, 0.1) is 19.5 Å². The van der Waals surface area contributed by atoms with Gasteiger partial charge in [-0.15, -0.1) is 0 Å². The highest BCUT2D eigenvalue weighted by molar-refractivity contribution is 7.71. The van der Waals surface area contributed by atoms with Crippen molar-refractivity contribution in [1.82, 2.24) is 19.5 Å². The maximum absolute atomic E-state index is 5.31. The van der Waals surface area contributed by atoms with Gasteiger partial charge in [-0.1, -0.05) is 12.2 Å². The fraction of sp³-hybridized carbons (Fsp3) is 0.500. The van der Waals surface area contributed by atoms with E-state index in [4.69, 9.17) is 17.0 Å². The van der Waals surface area contributed by atoms with E-state index < -0.39 is 0 Å². The largest absolute Gasteiger partial charge is 0.378 e. The normalized spacial score (nSPS) is 16.6. The quantitative estimate of drug-likeness (QED) is 0.762. The number of H-pyrrole nitrogens is 1. The summed E-state index contributed by atoms with van der Waals surface area (Å²) >= 11 is 5.30. The molecule has 0 unspecified atom stereocenters. The van der Waals surface area contributed by atoms with E-state index in [0.717, 1.165) is 43.4 Å². The van der Waals surface area contributed by atoms with E-state index >= 15 is 0 Å². The van der Waals surface area contributed by atoms with Crippen molar-refractivity contribution in [1.29, 1.82) is 0 Å². The molecule has 0 amide bonds. The molecule has 0 spiro atoms. The molecule has 0 saturated carbocycles. The first-order chi connectivity index (χ1) is 8.25. The Balaban J connectivity index is 2.09. The standard InChI is InChI=1S/C10H13N5OS/c1-14-6-11-8-7(14)9(17)13-10(12-8)15-2-4-16-5-3-15/h6H,2-5H2,1H3,(H,12,13,17). The first-order valence-corrected chi connectivity index (χ1v) is 5.90. The Morgan fingerprint density at radius 2 is 2.18 bits per heavy atom. The smallest absolute Gasteiger partial charge is 0.206 e. The van der Waals surface area contributed by atoms with E-state index in [9.17, 15) is 0 Å². The third-order valence-electron chi connectivity index (χ3n) is 2.89. The number of nitrogens with zero attached hydrogens (tertiary/aromatic N) is 4. The summed E-state index contributed by atoms with van der Waals surface area (Å²) in [5.41, 5.74) is 1.66. The third kappa shape index (κ3) is 1.81. The van der Waals surface area contributed by atoms with Gasteiger partial charge in [0, 0.05) is 20.1 Å². The van der Waals surface area contributed by atoms with Crippen LogP contribution < -0.4 is 4.90 Å². The summed E-state index contributed by atoms with van der Waals surface area (Å²) in [4.78, 5) is 14.1. The molecule has 1 aliphatic heterocycles. The minimum Gasteiger partial charge on any atom is -0.378 e. The average molecular weight is 251 g/mol. The number of aromatic nitrogens is 4. The van der Waals surface area contributed by atoms with Crippen molar-refractivity contribution in [3.8, 4) is 0 Å². The van der Waals surface area contributed by atoms with Crippen molar-refractivity contribution in [2.75, 3.05) is 31.2 Å². The van der Waals surface area contributed by atoms with Gasteiger partial charge in [0.1, 0.15) is 5.52 Å². The minimum absolute atomic E-state index is 0.584. The summed E-state index contributed by atoms with van der Waals surface area (Å²) in [5, 5.41) is 0. The maximum Gasteiger partial charge on any atom is 0.206 e. The summed E-state index contributed by atoms with van der Waals surface area (Å²) in [7, 11) is 1.91. The van der Waals surface area contributed by atoms with Crippen molar-refractivity contribution in [3.05, 3.63) is 11.0 Å². The first-order valence-electron chi connectivity index (χ1n) is 5.50. The highest BCUT2D eigenvalue weighted by Gasteiger charge is 2.15. The molecule has 1 aliphatic rings. The molecule has 17 heavy (non-hydrogen) atoms. The van der Waals surface area contributed by atoms with Crippen LogP contribution in [0.4, 0.5) is 5.95 Å². The van der Waals surface area contributed by atoms with Crippen LogP contribution in [0.15, 0.2) is 6.33 Å². The second kappa shape index (κ2) is 4.08. The Morgan fingerprint density at radius 3 is 2.94 bits per heavy atom. The molecule has 0 aromatic carbocycles. The van der Waals surface area contributed by atoms with E-state index in [2.05, 4.69) is 19.9 Å². The van der Waals surface area contributed by atoms with Crippen LogP contribution in [0.25, 0.3) is 11.2 Å². The molecule has 3 heterocycles. The molecule has 0 atom stereocenters. The lowest BCUT2D eigenvalue weighted by atomic mass is 10.4. The van der Waals surface area contributed by atoms with Gasteiger partial charge in [0.25, 0.3) is 0 Å².